The van der Waals surface area contributed by atoms with E-state index in [4.69, 9.17) is 5.73 Å². The molecule has 4 nitrogen and oxygen atoms in total. The summed E-state index contributed by atoms with van der Waals surface area (Å²) in [5.74, 6) is 0.896. The SMILES string of the molecule is Nc1ccc(N2CCN(c3ccccc3F)CC2)[nH+]c1. The summed E-state index contributed by atoms with van der Waals surface area (Å²) in [4.78, 5) is 7.51. The fraction of sp³-hybridized carbons (Fsp3) is 0.267. The third kappa shape index (κ3) is 2.52. The van der Waals surface area contributed by atoms with E-state index in [2.05, 4.69) is 14.8 Å². The van der Waals surface area contributed by atoms with Crippen molar-refractivity contribution < 1.29 is 9.37 Å². The van der Waals surface area contributed by atoms with E-state index in [-0.39, 0.29) is 5.82 Å². The molecule has 0 aliphatic carbocycles. The highest BCUT2D eigenvalue weighted by Gasteiger charge is 2.24. The number of nitrogens with one attached hydrogen (secondary N) is 1. The standard InChI is InChI=1S/C15H17FN4/c16-13-3-1-2-4-14(13)19-7-9-20(10-8-19)15-6-5-12(17)11-18-15/h1-6,11H,7-10,17H2/p+1. The Bertz CT molecular complexity index is 577. The fourth-order valence-electron chi connectivity index (χ4n) is 2.52. The van der Waals surface area contributed by atoms with Gasteiger partial charge in [-0.25, -0.2) is 9.37 Å². The minimum Gasteiger partial charge on any atom is -0.396 e. The lowest BCUT2D eigenvalue weighted by molar-refractivity contribution is -0.363. The van der Waals surface area contributed by atoms with Crippen LogP contribution in [0.2, 0.25) is 0 Å². The van der Waals surface area contributed by atoms with Crippen LogP contribution in [0.3, 0.4) is 0 Å². The molecule has 3 N–H and O–H groups in total. The number of pyridine rings is 1. The highest BCUT2D eigenvalue weighted by atomic mass is 19.1. The molecule has 3 rings (SSSR count). The van der Waals surface area contributed by atoms with Crippen molar-refractivity contribution in [2.45, 2.75) is 0 Å². The Labute approximate surface area is 117 Å². The van der Waals surface area contributed by atoms with Gasteiger partial charge in [-0.3, -0.25) is 4.90 Å². The first kappa shape index (κ1) is 12.7. The zero-order valence-corrected chi connectivity index (χ0v) is 11.2. The Morgan fingerprint density at radius 2 is 1.65 bits per heavy atom. The normalized spacial score (nSPS) is 15.4. The summed E-state index contributed by atoms with van der Waals surface area (Å²) in [6.45, 7) is 3.32. The number of piperazine rings is 1. The van der Waals surface area contributed by atoms with Crippen LogP contribution in [0, 0.1) is 5.82 Å². The summed E-state index contributed by atoms with van der Waals surface area (Å²) < 4.78 is 13.8. The zero-order chi connectivity index (χ0) is 13.9. The van der Waals surface area contributed by atoms with Crippen LogP contribution in [0.15, 0.2) is 42.6 Å². The summed E-state index contributed by atoms with van der Waals surface area (Å²) in [5, 5.41) is 0. The van der Waals surface area contributed by atoms with Gasteiger partial charge >= 0.3 is 0 Å². The highest BCUT2D eigenvalue weighted by Crippen LogP contribution is 2.21. The van der Waals surface area contributed by atoms with Crippen LogP contribution in [0.5, 0.6) is 0 Å². The van der Waals surface area contributed by atoms with Gasteiger partial charge in [-0.2, -0.15) is 0 Å². The van der Waals surface area contributed by atoms with Crippen LogP contribution in [0.4, 0.5) is 21.6 Å². The van der Waals surface area contributed by atoms with Gasteiger partial charge in [0.2, 0.25) is 0 Å². The molecule has 2 aromatic rings. The lowest BCUT2D eigenvalue weighted by Gasteiger charge is -2.32. The molecule has 0 spiro atoms. The smallest absolute Gasteiger partial charge is 0.274 e. The van der Waals surface area contributed by atoms with E-state index in [1.165, 1.54) is 6.07 Å². The Morgan fingerprint density at radius 3 is 2.30 bits per heavy atom. The maximum Gasteiger partial charge on any atom is 0.274 e. The van der Waals surface area contributed by atoms with E-state index < -0.39 is 0 Å². The van der Waals surface area contributed by atoms with Crippen molar-refractivity contribution in [3.8, 4) is 0 Å². The summed E-state index contributed by atoms with van der Waals surface area (Å²) in [5.41, 5.74) is 7.08. The van der Waals surface area contributed by atoms with Crippen LogP contribution in [-0.2, 0) is 0 Å². The maximum atomic E-state index is 13.8. The molecule has 1 aliphatic rings. The number of benzene rings is 1. The number of aromatic amines is 1. The average Bonchev–Trinajstić information content (AvgIpc) is 2.49. The number of hydrogen-bond donors (Lipinski definition) is 1. The number of nitrogens with zero attached hydrogens (tertiary/aromatic N) is 2. The molecule has 1 saturated heterocycles. The molecule has 0 radical (unpaired) electrons. The second-order valence-electron chi connectivity index (χ2n) is 4.93. The van der Waals surface area contributed by atoms with E-state index in [9.17, 15) is 4.39 Å². The van der Waals surface area contributed by atoms with Crippen molar-refractivity contribution >= 4 is 17.2 Å². The Morgan fingerprint density at radius 1 is 0.950 bits per heavy atom. The number of para-hydroxylation sites is 1. The van der Waals surface area contributed by atoms with Crippen LogP contribution in [-0.4, -0.2) is 26.2 Å². The molecule has 2 heterocycles. The minimum atomic E-state index is -0.153. The number of aromatic nitrogens is 1. The maximum absolute atomic E-state index is 13.8. The fourth-order valence-corrected chi connectivity index (χ4v) is 2.52. The lowest BCUT2D eigenvalue weighted by Crippen LogP contribution is -2.48. The van der Waals surface area contributed by atoms with Gasteiger partial charge in [0.15, 0.2) is 0 Å². The minimum absolute atomic E-state index is 0.153. The topological polar surface area (TPSA) is 46.6 Å². The lowest BCUT2D eigenvalue weighted by atomic mass is 10.2. The molecule has 20 heavy (non-hydrogen) atoms. The molecule has 1 fully saturated rings. The van der Waals surface area contributed by atoms with Crippen molar-refractivity contribution in [1.29, 1.82) is 0 Å². The quantitative estimate of drug-likeness (QED) is 0.903. The first-order chi connectivity index (χ1) is 9.74. The third-order valence-corrected chi connectivity index (χ3v) is 3.63. The molecule has 1 aromatic carbocycles. The molecule has 0 bridgehead atoms. The molecule has 0 amide bonds. The van der Waals surface area contributed by atoms with E-state index >= 15 is 0 Å². The van der Waals surface area contributed by atoms with Gasteiger partial charge in [0.25, 0.3) is 5.82 Å². The van der Waals surface area contributed by atoms with Crippen LogP contribution < -0.4 is 20.5 Å². The van der Waals surface area contributed by atoms with E-state index in [0.29, 0.717) is 5.69 Å². The highest BCUT2D eigenvalue weighted by molar-refractivity contribution is 5.50. The average molecular weight is 273 g/mol. The summed E-state index contributed by atoms with van der Waals surface area (Å²) in [6, 6.07) is 10.8. The second kappa shape index (κ2) is 5.36. The number of hydrogen-bond acceptors (Lipinski definition) is 3. The molecule has 0 atom stereocenters. The number of rotatable bonds is 2. The first-order valence-electron chi connectivity index (χ1n) is 6.76. The van der Waals surface area contributed by atoms with E-state index in [1.807, 2.05) is 24.3 Å². The molecule has 5 heteroatoms. The van der Waals surface area contributed by atoms with Gasteiger partial charge in [0.1, 0.15) is 25.1 Å². The molecule has 1 aliphatic heterocycles. The monoisotopic (exact) mass is 273 g/mol. The Hall–Kier alpha value is -2.30. The second-order valence-corrected chi connectivity index (χ2v) is 4.93. The number of anilines is 3. The molecule has 1 aromatic heterocycles. The predicted octanol–water partition coefficient (Wildman–Crippen LogP) is 1.55. The number of nitrogen functional groups attached to an aromatic ring is 1. The van der Waals surface area contributed by atoms with E-state index in [0.717, 1.165) is 37.7 Å². The van der Waals surface area contributed by atoms with Crippen molar-refractivity contribution in [1.82, 2.24) is 0 Å². The Kier molecular flexibility index (Phi) is 3.41. The van der Waals surface area contributed by atoms with Crippen LogP contribution >= 0.6 is 0 Å². The van der Waals surface area contributed by atoms with Gasteiger partial charge < -0.3 is 10.6 Å². The summed E-state index contributed by atoms with van der Waals surface area (Å²) in [6.07, 6.45) is 1.79. The third-order valence-electron chi connectivity index (χ3n) is 3.63. The largest absolute Gasteiger partial charge is 0.396 e. The van der Waals surface area contributed by atoms with Gasteiger partial charge in [-0.05, 0) is 18.2 Å². The van der Waals surface area contributed by atoms with Gasteiger partial charge in [0, 0.05) is 6.07 Å². The van der Waals surface area contributed by atoms with Crippen molar-refractivity contribution in [2.24, 2.45) is 0 Å². The Balaban J connectivity index is 1.68. The predicted molar refractivity (Wildman–Crippen MR) is 78.2 cm³/mol. The molecule has 0 saturated carbocycles. The molecule has 0 unspecified atom stereocenters. The summed E-state index contributed by atoms with van der Waals surface area (Å²) in [7, 11) is 0. The molecular weight excluding hydrogens is 255 g/mol. The van der Waals surface area contributed by atoms with Gasteiger partial charge in [-0.15, -0.1) is 0 Å². The van der Waals surface area contributed by atoms with Crippen molar-refractivity contribution in [3.63, 3.8) is 0 Å². The number of nitrogens with two attached hydrogens (primary N) is 1. The van der Waals surface area contributed by atoms with Crippen LogP contribution in [0.25, 0.3) is 0 Å². The van der Waals surface area contributed by atoms with Crippen molar-refractivity contribution in [2.75, 3.05) is 41.7 Å². The molecule has 104 valence electrons. The van der Waals surface area contributed by atoms with Gasteiger partial charge in [-0.1, -0.05) is 12.1 Å². The van der Waals surface area contributed by atoms with Gasteiger partial charge in [0.05, 0.1) is 24.5 Å². The first-order valence-corrected chi connectivity index (χ1v) is 6.76. The van der Waals surface area contributed by atoms with Crippen LogP contribution in [0.1, 0.15) is 0 Å². The number of H-pyrrole nitrogens is 1. The molecular formula is C15H18FN4+. The summed E-state index contributed by atoms with van der Waals surface area (Å²) >= 11 is 0. The van der Waals surface area contributed by atoms with Crippen molar-refractivity contribution in [3.05, 3.63) is 48.4 Å². The van der Waals surface area contributed by atoms with E-state index in [1.54, 1.807) is 12.3 Å². The zero-order valence-electron chi connectivity index (χ0n) is 11.2. The number of halogens is 1.